The lowest BCUT2D eigenvalue weighted by molar-refractivity contribution is -0.118. The van der Waals surface area contributed by atoms with Crippen LogP contribution in [0.1, 0.15) is 47.0 Å². The molecular weight excluding hydrogens is 202 g/mol. The van der Waals surface area contributed by atoms with Crippen molar-refractivity contribution >= 4 is 5.78 Å². The monoisotopic (exact) mass is 227 g/mol. The molecule has 0 aromatic heterocycles. The van der Waals surface area contributed by atoms with Crippen molar-refractivity contribution in [2.75, 3.05) is 13.2 Å². The fraction of sp³-hybridized carbons (Fsp3) is 0.923. The Morgan fingerprint density at radius 1 is 1.44 bits per heavy atom. The molecule has 0 saturated carbocycles. The predicted molar refractivity (Wildman–Crippen MR) is 65.6 cm³/mol. The Bertz CT molecular complexity index is 228. The number of Topliss-reactive ketones (excluding diaryl/α,β-unsaturated/α-hetero) is 1. The van der Waals surface area contributed by atoms with Gasteiger partial charge >= 0.3 is 0 Å². The highest BCUT2D eigenvalue weighted by molar-refractivity contribution is 5.75. The first-order valence-electron chi connectivity index (χ1n) is 6.39. The summed E-state index contributed by atoms with van der Waals surface area (Å²) in [7, 11) is 0. The number of carbonyl (C=O) groups is 1. The van der Waals surface area contributed by atoms with Crippen LogP contribution in [0.4, 0.5) is 0 Å². The fourth-order valence-corrected chi connectivity index (χ4v) is 2.46. The second-order valence-electron chi connectivity index (χ2n) is 5.07. The molecule has 16 heavy (non-hydrogen) atoms. The minimum Gasteiger partial charge on any atom is -0.376 e. The molecule has 0 spiro atoms. The molecule has 1 fully saturated rings. The van der Waals surface area contributed by atoms with Gasteiger partial charge in [-0.1, -0.05) is 0 Å². The average Bonchev–Trinajstić information content (AvgIpc) is 2.65. The summed E-state index contributed by atoms with van der Waals surface area (Å²) in [5.74, 6) is 0.208. The highest BCUT2D eigenvalue weighted by atomic mass is 16.5. The minimum atomic E-state index is 0.208. The molecule has 94 valence electrons. The molecule has 2 atom stereocenters. The van der Waals surface area contributed by atoms with Gasteiger partial charge in [0, 0.05) is 18.5 Å². The normalized spacial score (nSPS) is 23.9. The van der Waals surface area contributed by atoms with Crippen LogP contribution in [0.5, 0.6) is 0 Å². The molecule has 1 saturated heterocycles. The maximum absolute atomic E-state index is 10.8. The van der Waals surface area contributed by atoms with E-state index < -0.39 is 0 Å². The summed E-state index contributed by atoms with van der Waals surface area (Å²) in [5.41, 5.74) is 0. The van der Waals surface area contributed by atoms with Crippen LogP contribution < -0.4 is 0 Å². The molecule has 0 N–H and O–H groups in total. The number of ketones is 1. The van der Waals surface area contributed by atoms with Gasteiger partial charge in [0.25, 0.3) is 0 Å². The predicted octanol–water partition coefficient (Wildman–Crippen LogP) is 2.24. The van der Waals surface area contributed by atoms with Gasteiger partial charge in [-0.3, -0.25) is 9.69 Å². The molecule has 3 heteroatoms. The van der Waals surface area contributed by atoms with E-state index in [0.29, 0.717) is 25.1 Å². The number of carbonyl (C=O) groups excluding carboxylic acids is 1. The second-order valence-corrected chi connectivity index (χ2v) is 5.07. The van der Waals surface area contributed by atoms with E-state index in [1.165, 1.54) is 19.4 Å². The average molecular weight is 227 g/mol. The van der Waals surface area contributed by atoms with Gasteiger partial charge in [0.15, 0.2) is 0 Å². The molecule has 3 nitrogen and oxygen atoms in total. The Morgan fingerprint density at radius 3 is 2.69 bits per heavy atom. The molecule has 1 heterocycles. The number of ether oxygens (including phenoxy) is 1. The zero-order valence-corrected chi connectivity index (χ0v) is 11.0. The Labute approximate surface area is 99.1 Å². The zero-order valence-electron chi connectivity index (χ0n) is 11.0. The Morgan fingerprint density at radius 2 is 2.12 bits per heavy atom. The molecule has 1 rings (SSSR count). The third kappa shape index (κ3) is 3.87. The van der Waals surface area contributed by atoms with Crippen molar-refractivity contribution in [2.24, 2.45) is 0 Å². The van der Waals surface area contributed by atoms with E-state index in [2.05, 4.69) is 25.7 Å². The summed E-state index contributed by atoms with van der Waals surface area (Å²) in [5, 5.41) is 0. The number of hydrogen-bond donors (Lipinski definition) is 0. The quantitative estimate of drug-likeness (QED) is 0.697. The summed E-state index contributed by atoms with van der Waals surface area (Å²) >= 11 is 0. The molecule has 0 aromatic rings. The lowest BCUT2D eigenvalue weighted by Crippen LogP contribution is -2.42. The molecular formula is C13H25NO2. The van der Waals surface area contributed by atoms with Crippen LogP contribution in [0.25, 0.3) is 0 Å². The van der Waals surface area contributed by atoms with Crippen molar-refractivity contribution in [1.29, 1.82) is 0 Å². The maximum atomic E-state index is 10.8. The molecule has 0 aliphatic carbocycles. The van der Waals surface area contributed by atoms with Crippen molar-refractivity contribution < 1.29 is 9.53 Å². The van der Waals surface area contributed by atoms with Gasteiger partial charge in [-0.05, 0) is 47.1 Å². The van der Waals surface area contributed by atoms with E-state index in [0.717, 1.165) is 0 Å². The van der Waals surface area contributed by atoms with Gasteiger partial charge in [0.1, 0.15) is 5.78 Å². The van der Waals surface area contributed by atoms with E-state index in [-0.39, 0.29) is 11.9 Å². The van der Waals surface area contributed by atoms with E-state index in [9.17, 15) is 4.79 Å². The SMILES string of the molecule is CC(=O)CCO[C@H](C)[C@@H]1CCCN1C(C)C. The molecule has 0 amide bonds. The van der Waals surface area contributed by atoms with Crippen molar-refractivity contribution in [2.45, 2.75) is 65.1 Å². The standard InChI is InChI=1S/C13H25NO2/c1-10(2)14-8-5-6-13(14)12(4)16-9-7-11(3)15/h10,12-13H,5-9H2,1-4H3/t12-,13+/m1/s1. The van der Waals surface area contributed by atoms with Crippen LogP contribution in [0.3, 0.4) is 0 Å². The van der Waals surface area contributed by atoms with E-state index in [1.807, 2.05) is 0 Å². The van der Waals surface area contributed by atoms with Crippen LogP contribution in [-0.4, -0.2) is 42.0 Å². The van der Waals surface area contributed by atoms with Crippen molar-refractivity contribution in [3.05, 3.63) is 0 Å². The number of rotatable bonds is 6. The fourth-order valence-electron chi connectivity index (χ4n) is 2.46. The first kappa shape index (κ1) is 13.7. The topological polar surface area (TPSA) is 29.5 Å². The summed E-state index contributed by atoms with van der Waals surface area (Å²) in [6.45, 7) is 9.97. The smallest absolute Gasteiger partial charge is 0.132 e. The van der Waals surface area contributed by atoms with Gasteiger partial charge < -0.3 is 4.74 Å². The van der Waals surface area contributed by atoms with Crippen LogP contribution in [0.2, 0.25) is 0 Å². The van der Waals surface area contributed by atoms with E-state index in [1.54, 1.807) is 6.92 Å². The highest BCUT2D eigenvalue weighted by Gasteiger charge is 2.31. The summed E-state index contributed by atoms with van der Waals surface area (Å²) in [6.07, 6.45) is 3.27. The number of nitrogens with zero attached hydrogens (tertiary/aromatic N) is 1. The van der Waals surface area contributed by atoms with E-state index >= 15 is 0 Å². The number of hydrogen-bond acceptors (Lipinski definition) is 3. The first-order valence-corrected chi connectivity index (χ1v) is 6.39. The summed E-state index contributed by atoms with van der Waals surface area (Å²) in [4.78, 5) is 13.3. The van der Waals surface area contributed by atoms with Crippen LogP contribution in [0.15, 0.2) is 0 Å². The first-order chi connectivity index (χ1) is 7.52. The summed E-state index contributed by atoms with van der Waals surface area (Å²) in [6, 6.07) is 1.12. The van der Waals surface area contributed by atoms with Crippen molar-refractivity contribution in [3.63, 3.8) is 0 Å². The molecule has 0 unspecified atom stereocenters. The second kappa shape index (κ2) is 6.36. The summed E-state index contributed by atoms with van der Waals surface area (Å²) < 4.78 is 5.75. The minimum absolute atomic E-state index is 0.208. The van der Waals surface area contributed by atoms with E-state index in [4.69, 9.17) is 4.74 Å². The van der Waals surface area contributed by atoms with Gasteiger partial charge in [0.05, 0.1) is 12.7 Å². The highest BCUT2D eigenvalue weighted by Crippen LogP contribution is 2.24. The maximum Gasteiger partial charge on any atom is 0.132 e. The number of likely N-dealkylation sites (tertiary alicyclic amines) is 1. The van der Waals surface area contributed by atoms with Crippen LogP contribution in [0, 0.1) is 0 Å². The molecule has 0 aromatic carbocycles. The molecule has 0 radical (unpaired) electrons. The van der Waals surface area contributed by atoms with Gasteiger partial charge in [0.2, 0.25) is 0 Å². The Balaban J connectivity index is 2.34. The third-order valence-electron chi connectivity index (χ3n) is 3.38. The van der Waals surface area contributed by atoms with Crippen molar-refractivity contribution in [1.82, 2.24) is 4.90 Å². The van der Waals surface area contributed by atoms with Crippen LogP contribution >= 0.6 is 0 Å². The largest absolute Gasteiger partial charge is 0.376 e. The van der Waals surface area contributed by atoms with Gasteiger partial charge in [-0.15, -0.1) is 0 Å². The van der Waals surface area contributed by atoms with Gasteiger partial charge in [-0.25, -0.2) is 0 Å². The van der Waals surface area contributed by atoms with Crippen LogP contribution in [-0.2, 0) is 9.53 Å². The molecule has 0 bridgehead atoms. The third-order valence-corrected chi connectivity index (χ3v) is 3.38. The molecule has 1 aliphatic rings. The lowest BCUT2D eigenvalue weighted by Gasteiger charge is -2.32. The van der Waals surface area contributed by atoms with Crippen molar-refractivity contribution in [3.8, 4) is 0 Å². The lowest BCUT2D eigenvalue weighted by atomic mass is 10.1. The Kier molecular flexibility index (Phi) is 5.42. The molecule has 1 aliphatic heterocycles. The zero-order chi connectivity index (χ0) is 12.1. The Hall–Kier alpha value is -0.410. The van der Waals surface area contributed by atoms with Gasteiger partial charge in [-0.2, -0.15) is 0 Å².